The number of nitrogens with zero attached hydrogens (tertiary/aromatic N) is 2. The van der Waals surface area contributed by atoms with Crippen molar-refractivity contribution in [3.8, 4) is 10.6 Å². The zero-order chi connectivity index (χ0) is 21.4. The number of hydrogen-bond acceptors (Lipinski definition) is 5. The third-order valence-electron chi connectivity index (χ3n) is 5.87. The molecule has 1 aliphatic heterocycles. The maximum atomic E-state index is 12.5. The number of benzene rings is 2. The number of likely N-dealkylation sites (tertiary alicyclic amines) is 1. The van der Waals surface area contributed by atoms with Crippen LogP contribution in [-0.4, -0.2) is 34.2 Å². The minimum atomic E-state index is -0.254. The fourth-order valence-electron chi connectivity index (χ4n) is 4.22. The standard InChI is InChI=1S/C24H21N3O3S/c28-21(13-14-27-23(29)17-5-1-2-6-18(17)24(27)30)25-16-11-9-15(10-12-16)22-26-19-7-3-4-8-20(19)31-22/h1-4,7-12,17-18H,5-6,13-14H2,(H,25,28)/t17-,18+. The summed E-state index contributed by atoms with van der Waals surface area (Å²) in [6.07, 6.45) is 5.23. The Labute approximate surface area is 183 Å². The topological polar surface area (TPSA) is 79.4 Å². The molecular weight excluding hydrogens is 410 g/mol. The molecule has 0 spiro atoms. The van der Waals surface area contributed by atoms with Crippen LogP contribution in [0, 0.1) is 11.8 Å². The summed E-state index contributed by atoms with van der Waals surface area (Å²) >= 11 is 1.63. The number of anilines is 1. The first kappa shape index (κ1) is 19.6. The van der Waals surface area contributed by atoms with Crippen molar-refractivity contribution in [2.24, 2.45) is 11.8 Å². The average Bonchev–Trinajstić information content (AvgIpc) is 3.33. The molecule has 7 heteroatoms. The number of aromatic nitrogens is 1. The Balaban J connectivity index is 1.19. The quantitative estimate of drug-likeness (QED) is 0.484. The molecule has 1 saturated heterocycles. The summed E-state index contributed by atoms with van der Waals surface area (Å²) in [5, 5.41) is 3.78. The van der Waals surface area contributed by atoms with Crippen molar-refractivity contribution in [2.45, 2.75) is 19.3 Å². The number of rotatable bonds is 5. The molecular formula is C24H21N3O3S. The molecule has 1 aromatic heterocycles. The molecule has 2 heterocycles. The van der Waals surface area contributed by atoms with Crippen LogP contribution in [0.1, 0.15) is 19.3 Å². The summed E-state index contributed by atoms with van der Waals surface area (Å²) in [7, 11) is 0. The number of para-hydroxylation sites is 1. The Morgan fingerprint density at radius 3 is 2.35 bits per heavy atom. The number of fused-ring (bicyclic) bond motifs is 2. The largest absolute Gasteiger partial charge is 0.326 e. The van der Waals surface area contributed by atoms with Gasteiger partial charge in [-0.1, -0.05) is 24.3 Å². The first-order valence-corrected chi connectivity index (χ1v) is 11.2. The molecule has 0 radical (unpaired) electrons. The van der Waals surface area contributed by atoms with Crippen molar-refractivity contribution >= 4 is 45.0 Å². The lowest BCUT2D eigenvalue weighted by Crippen LogP contribution is -2.34. The minimum Gasteiger partial charge on any atom is -0.326 e. The number of carbonyl (C=O) groups is 3. The van der Waals surface area contributed by atoms with E-state index in [9.17, 15) is 14.4 Å². The van der Waals surface area contributed by atoms with Crippen molar-refractivity contribution in [3.05, 3.63) is 60.7 Å². The summed E-state index contributed by atoms with van der Waals surface area (Å²) in [5.41, 5.74) is 2.64. The van der Waals surface area contributed by atoms with Crippen LogP contribution in [0.5, 0.6) is 0 Å². The van der Waals surface area contributed by atoms with Gasteiger partial charge in [-0.2, -0.15) is 0 Å². The van der Waals surface area contributed by atoms with E-state index in [-0.39, 0.29) is 42.5 Å². The monoisotopic (exact) mass is 431 g/mol. The van der Waals surface area contributed by atoms with Gasteiger partial charge < -0.3 is 5.32 Å². The van der Waals surface area contributed by atoms with Crippen LogP contribution in [-0.2, 0) is 14.4 Å². The minimum absolute atomic E-state index is 0.0873. The van der Waals surface area contributed by atoms with Crippen molar-refractivity contribution in [1.82, 2.24) is 9.88 Å². The zero-order valence-corrected chi connectivity index (χ0v) is 17.6. The van der Waals surface area contributed by atoms with E-state index >= 15 is 0 Å². The normalized spacial score (nSPS) is 20.3. The van der Waals surface area contributed by atoms with Gasteiger partial charge in [-0.05, 0) is 49.2 Å². The number of amides is 3. The van der Waals surface area contributed by atoms with Crippen LogP contribution in [0.25, 0.3) is 20.8 Å². The van der Waals surface area contributed by atoms with Crippen molar-refractivity contribution in [2.75, 3.05) is 11.9 Å². The SMILES string of the molecule is O=C(CCN1C(=O)[C@H]2CC=CC[C@H]2C1=O)Nc1ccc(-c2nc3ccccc3s2)cc1. The highest BCUT2D eigenvalue weighted by Crippen LogP contribution is 2.35. The van der Waals surface area contributed by atoms with Crippen LogP contribution in [0.2, 0.25) is 0 Å². The second kappa shape index (κ2) is 8.07. The Hall–Kier alpha value is -3.32. The second-order valence-corrected chi connectivity index (χ2v) is 8.88. The van der Waals surface area contributed by atoms with E-state index in [1.165, 1.54) is 4.90 Å². The van der Waals surface area contributed by atoms with Crippen LogP contribution in [0.3, 0.4) is 0 Å². The molecule has 3 aromatic rings. The third-order valence-corrected chi connectivity index (χ3v) is 6.96. The van der Waals surface area contributed by atoms with Gasteiger partial charge in [-0.25, -0.2) is 4.98 Å². The van der Waals surface area contributed by atoms with Crippen LogP contribution < -0.4 is 5.32 Å². The molecule has 0 bridgehead atoms. The Morgan fingerprint density at radius 1 is 1.00 bits per heavy atom. The van der Waals surface area contributed by atoms with Crippen molar-refractivity contribution in [1.29, 1.82) is 0 Å². The second-order valence-electron chi connectivity index (χ2n) is 7.85. The number of thiazole rings is 1. The lowest BCUT2D eigenvalue weighted by molar-refractivity contribution is -0.140. The molecule has 31 heavy (non-hydrogen) atoms. The highest BCUT2D eigenvalue weighted by Gasteiger charge is 2.46. The molecule has 2 aromatic carbocycles. The van der Waals surface area contributed by atoms with E-state index in [0.717, 1.165) is 20.8 Å². The summed E-state index contributed by atoms with van der Waals surface area (Å²) in [5.74, 6) is -1.02. The van der Waals surface area contributed by atoms with Gasteiger partial charge in [-0.3, -0.25) is 19.3 Å². The first-order valence-electron chi connectivity index (χ1n) is 10.4. The van der Waals surface area contributed by atoms with E-state index in [2.05, 4.69) is 10.3 Å². The van der Waals surface area contributed by atoms with Gasteiger partial charge in [0.1, 0.15) is 5.01 Å². The molecule has 2 aliphatic rings. The molecule has 2 atom stereocenters. The molecule has 0 saturated carbocycles. The first-order chi connectivity index (χ1) is 15.1. The molecule has 3 amide bonds. The molecule has 1 aliphatic carbocycles. The maximum absolute atomic E-state index is 12.5. The Bertz CT molecular complexity index is 1140. The number of carbonyl (C=O) groups excluding carboxylic acids is 3. The van der Waals surface area contributed by atoms with Gasteiger partial charge in [-0.15, -0.1) is 11.3 Å². The van der Waals surface area contributed by atoms with Gasteiger partial charge in [0.2, 0.25) is 17.7 Å². The number of allylic oxidation sites excluding steroid dienone is 2. The van der Waals surface area contributed by atoms with E-state index in [0.29, 0.717) is 18.5 Å². The fourth-order valence-corrected chi connectivity index (χ4v) is 5.19. The summed E-state index contributed by atoms with van der Waals surface area (Å²) in [6.45, 7) is 0.125. The summed E-state index contributed by atoms with van der Waals surface area (Å²) < 4.78 is 1.14. The lowest BCUT2D eigenvalue weighted by Gasteiger charge is -2.14. The molecule has 1 fully saturated rings. The van der Waals surface area contributed by atoms with Crippen molar-refractivity contribution in [3.63, 3.8) is 0 Å². The van der Waals surface area contributed by atoms with E-state index in [1.807, 2.05) is 60.7 Å². The predicted molar refractivity (Wildman–Crippen MR) is 120 cm³/mol. The van der Waals surface area contributed by atoms with Crippen LogP contribution in [0.4, 0.5) is 5.69 Å². The average molecular weight is 432 g/mol. The maximum Gasteiger partial charge on any atom is 0.233 e. The highest BCUT2D eigenvalue weighted by molar-refractivity contribution is 7.21. The molecule has 6 nitrogen and oxygen atoms in total. The summed E-state index contributed by atoms with van der Waals surface area (Å²) in [4.78, 5) is 43.3. The number of hydrogen-bond donors (Lipinski definition) is 1. The van der Waals surface area contributed by atoms with Crippen LogP contribution in [0.15, 0.2) is 60.7 Å². The van der Waals surface area contributed by atoms with Gasteiger partial charge in [0, 0.05) is 24.2 Å². The molecule has 156 valence electrons. The van der Waals surface area contributed by atoms with Gasteiger partial charge >= 0.3 is 0 Å². The highest BCUT2D eigenvalue weighted by atomic mass is 32.1. The van der Waals surface area contributed by atoms with E-state index in [4.69, 9.17) is 0 Å². The number of nitrogens with one attached hydrogen (secondary N) is 1. The van der Waals surface area contributed by atoms with Crippen molar-refractivity contribution < 1.29 is 14.4 Å². The zero-order valence-electron chi connectivity index (χ0n) is 16.8. The molecule has 5 rings (SSSR count). The van der Waals surface area contributed by atoms with E-state index in [1.54, 1.807) is 11.3 Å². The smallest absolute Gasteiger partial charge is 0.233 e. The Morgan fingerprint density at radius 2 is 1.68 bits per heavy atom. The molecule has 0 unspecified atom stereocenters. The van der Waals surface area contributed by atoms with Crippen LogP contribution >= 0.6 is 11.3 Å². The van der Waals surface area contributed by atoms with Gasteiger partial charge in [0.05, 0.1) is 22.1 Å². The molecule has 1 N–H and O–H groups in total. The lowest BCUT2D eigenvalue weighted by atomic mass is 9.85. The Kier molecular flexibility index (Phi) is 5.11. The summed E-state index contributed by atoms with van der Waals surface area (Å²) in [6, 6.07) is 15.5. The number of imide groups is 1. The van der Waals surface area contributed by atoms with E-state index < -0.39 is 0 Å². The fraction of sp³-hybridized carbons (Fsp3) is 0.250. The van der Waals surface area contributed by atoms with Gasteiger partial charge in [0.15, 0.2) is 0 Å². The third kappa shape index (κ3) is 3.77. The predicted octanol–water partition coefficient (Wildman–Crippen LogP) is 4.24. The van der Waals surface area contributed by atoms with Gasteiger partial charge in [0.25, 0.3) is 0 Å².